The summed E-state index contributed by atoms with van der Waals surface area (Å²) in [5.41, 5.74) is 3.19. The fraction of sp³-hybridized carbons (Fsp3) is 0.500. The fourth-order valence-corrected chi connectivity index (χ4v) is 2.07. The average molecular weight is 162 g/mol. The standard InChI is InChI=1S/C11H14.CH4/c1-2-9-7-8-10-5-3-4-6-11(9)10;/h3-6,9H,2,7-8H2,1H3;1H4. The van der Waals surface area contributed by atoms with Gasteiger partial charge in [-0.05, 0) is 36.3 Å². The second-order valence-corrected chi connectivity index (χ2v) is 3.34. The third-order valence-corrected chi connectivity index (χ3v) is 2.75. The lowest BCUT2D eigenvalue weighted by molar-refractivity contribution is 0.656. The van der Waals surface area contributed by atoms with E-state index in [0.29, 0.717) is 0 Å². The molecule has 66 valence electrons. The Bertz CT molecular complexity index is 250. The maximum Gasteiger partial charge on any atom is -0.0159 e. The first-order chi connectivity index (χ1) is 5.42. The van der Waals surface area contributed by atoms with E-state index < -0.39 is 0 Å². The summed E-state index contributed by atoms with van der Waals surface area (Å²) in [4.78, 5) is 0. The Balaban J connectivity index is 0.000000720. The summed E-state index contributed by atoms with van der Waals surface area (Å²) in [5.74, 6) is 0.853. The third-order valence-electron chi connectivity index (χ3n) is 2.75. The summed E-state index contributed by atoms with van der Waals surface area (Å²) in [6.45, 7) is 2.28. The molecule has 0 aromatic heterocycles. The van der Waals surface area contributed by atoms with Crippen molar-refractivity contribution in [1.82, 2.24) is 0 Å². The van der Waals surface area contributed by atoms with Crippen molar-refractivity contribution in [1.29, 1.82) is 0 Å². The highest BCUT2D eigenvalue weighted by Gasteiger charge is 2.19. The lowest BCUT2D eigenvalue weighted by atomic mass is 9.99. The van der Waals surface area contributed by atoms with E-state index in [1.54, 1.807) is 11.1 Å². The van der Waals surface area contributed by atoms with Crippen LogP contribution in [0.2, 0.25) is 0 Å². The molecule has 1 aromatic carbocycles. The SMILES string of the molecule is C.CCC1CCc2ccccc21. The number of rotatable bonds is 1. The Morgan fingerprint density at radius 2 is 2.08 bits per heavy atom. The van der Waals surface area contributed by atoms with Gasteiger partial charge in [0.2, 0.25) is 0 Å². The van der Waals surface area contributed by atoms with Crippen LogP contribution in [0.3, 0.4) is 0 Å². The minimum absolute atomic E-state index is 0. The smallest absolute Gasteiger partial charge is 0.0159 e. The van der Waals surface area contributed by atoms with E-state index >= 15 is 0 Å². The Morgan fingerprint density at radius 1 is 1.33 bits per heavy atom. The van der Waals surface area contributed by atoms with Gasteiger partial charge < -0.3 is 0 Å². The van der Waals surface area contributed by atoms with Crippen molar-refractivity contribution >= 4 is 0 Å². The summed E-state index contributed by atoms with van der Waals surface area (Å²) in [6.07, 6.45) is 3.97. The zero-order chi connectivity index (χ0) is 7.68. The molecule has 0 saturated carbocycles. The first-order valence-corrected chi connectivity index (χ1v) is 4.49. The van der Waals surface area contributed by atoms with Gasteiger partial charge in [-0.25, -0.2) is 0 Å². The second-order valence-electron chi connectivity index (χ2n) is 3.34. The van der Waals surface area contributed by atoms with Crippen LogP contribution in [0.4, 0.5) is 0 Å². The molecule has 0 spiro atoms. The molecule has 0 amide bonds. The molecule has 1 atom stereocenters. The Kier molecular flexibility index (Phi) is 2.91. The molecule has 1 aliphatic carbocycles. The molecule has 0 bridgehead atoms. The molecule has 1 unspecified atom stereocenters. The highest BCUT2D eigenvalue weighted by molar-refractivity contribution is 5.34. The minimum atomic E-state index is 0. The average Bonchev–Trinajstić information content (AvgIpc) is 2.47. The Labute approximate surface area is 75.6 Å². The van der Waals surface area contributed by atoms with Crippen LogP contribution in [0.15, 0.2) is 24.3 Å². The minimum Gasteiger partial charge on any atom is -0.0776 e. The van der Waals surface area contributed by atoms with Crippen LogP contribution >= 0.6 is 0 Å². The van der Waals surface area contributed by atoms with Crippen LogP contribution in [0, 0.1) is 0 Å². The van der Waals surface area contributed by atoms with E-state index in [1.165, 1.54) is 19.3 Å². The van der Waals surface area contributed by atoms with Crippen LogP contribution < -0.4 is 0 Å². The molecular weight excluding hydrogens is 144 g/mol. The number of hydrogen-bond acceptors (Lipinski definition) is 0. The van der Waals surface area contributed by atoms with E-state index in [0.717, 1.165) is 5.92 Å². The van der Waals surface area contributed by atoms with Gasteiger partial charge in [0.15, 0.2) is 0 Å². The fourth-order valence-electron chi connectivity index (χ4n) is 2.07. The summed E-state index contributed by atoms with van der Waals surface area (Å²) in [5, 5.41) is 0. The normalized spacial score (nSPS) is 19.9. The van der Waals surface area contributed by atoms with E-state index in [2.05, 4.69) is 31.2 Å². The van der Waals surface area contributed by atoms with Gasteiger partial charge in [-0.1, -0.05) is 38.6 Å². The zero-order valence-electron chi connectivity index (χ0n) is 7.01. The highest BCUT2D eigenvalue weighted by Crippen LogP contribution is 2.34. The molecule has 0 fully saturated rings. The predicted molar refractivity (Wildman–Crippen MR) is 54.5 cm³/mol. The summed E-state index contributed by atoms with van der Waals surface area (Å²) < 4.78 is 0. The van der Waals surface area contributed by atoms with Gasteiger partial charge in [0.1, 0.15) is 0 Å². The molecule has 0 N–H and O–H groups in total. The van der Waals surface area contributed by atoms with Crippen LogP contribution in [-0.4, -0.2) is 0 Å². The predicted octanol–water partition coefficient (Wildman–Crippen LogP) is 3.76. The van der Waals surface area contributed by atoms with Gasteiger partial charge in [0.25, 0.3) is 0 Å². The van der Waals surface area contributed by atoms with Gasteiger partial charge in [-0.15, -0.1) is 0 Å². The molecule has 1 aliphatic rings. The van der Waals surface area contributed by atoms with Gasteiger partial charge in [0.05, 0.1) is 0 Å². The first kappa shape index (κ1) is 9.31. The van der Waals surface area contributed by atoms with Crippen molar-refractivity contribution in [2.75, 3.05) is 0 Å². The van der Waals surface area contributed by atoms with Crippen molar-refractivity contribution < 1.29 is 0 Å². The van der Waals surface area contributed by atoms with Gasteiger partial charge in [-0.2, -0.15) is 0 Å². The number of fused-ring (bicyclic) bond motifs is 1. The number of aryl methyl sites for hydroxylation is 1. The molecule has 0 radical (unpaired) electrons. The topological polar surface area (TPSA) is 0 Å². The highest BCUT2D eigenvalue weighted by atomic mass is 14.2. The van der Waals surface area contributed by atoms with Crippen LogP contribution in [0.5, 0.6) is 0 Å². The van der Waals surface area contributed by atoms with Crippen LogP contribution in [0.25, 0.3) is 0 Å². The van der Waals surface area contributed by atoms with Crippen molar-refractivity contribution in [3.8, 4) is 0 Å². The van der Waals surface area contributed by atoms with Crippen molar-refractivity contribution in [2.24, 2.45) is 0 Å². The largest absolute Gasteiger partial charge is 0.0776 e. The lowest BCUT2D eigenvalue weighted by Gasteiger charge is -2.06. The van der Waals surface area contributed by atoms with Crippen LogP contribution in [0.1, 0.15) is 44.2 Å². The van der Waals surface area contributed by atoms with Crippen LogP contribution in [-0.2, 0) is 6.42 Å². The van der Waals surface area contributed by atoms with Crippen molar-refractivity contribution in [3.05, 3.63) is 35.4 Å². The van der Waals surface area contributed by atoms with E-state index in [1.807, 2.05) is 0 Å². The maximum absolute atomic E-state index is 2.29. The van der Waals surface area contributed by atoms with E-state index in [-0.39, 0.29) is 7.43 Å². The van der Waals surface area contributed by atoms with E-state index in [4.69, 9.17) is 0 Å². The monoisotopic (exact) mass is 162 g/mol. The number of hydrogen-bond donors (Lipinski definition) is 0. The lowest BCUT2D eigenvalue weighted by Crippen LogP contribution is -1.88. The molecule has 0 nitrogen and oxygen atoms in total. The Hall–Kier alpha value is -0.780. The first-order valence-electron chi connectivity index (χ1n) is 4.49. The van der Waals surface area contributed by atoms with Gasteiger partial charge in [-0.3, -0.25) is 0 Å². The molecule has 1 aromatic rings. The molecule has 0 heteroatoms. The molecule has 2 rings (SSSR count). The summed E-state index contributed by atoms with van der Waals surface area (Å²) >= 11 is 0. The number of benzene rings is 1. The molecular formula is C12H18. The molecule has 0 heterocycles. The third kappa shape index (κ3) is 1.38. The van der Waals surface area contributed by atoms with Crippen molar-refractivity contribution in [2.45, 2.75) is 39.5 Å². The molecule has 0 saturated heterocycles. The molecule has 12 heavy (non-hydrogen) atoms. The molecule has 0 aliphatic heterocycles. The van der Waals surface area contributed by atoms with Crippen molar-refractivity contribution in [3.63, 3.8) is 0 Å². The summed E-state index contributed by atoms with van der Waals surface area (Å²) in [7, 11) is 0. The zero-order valence-corrected chi connectivity index (χ0v) is 7.01. The summed E-state index contributed by atoms with van der Waals surface area (Å²) in [6, 6.07) is 8.87. The Morgan fingerprint density at radius 3 is 2.83 bits per heavy atom. The van der Waals surface area contributed by atoms with E-state index in [9.17, 15) is 0 Å². The maximum atomic E-state index is 2.29. The second kappa shape index (κ2) is 3.75. The van der Waals surface area contributed by atoms with Gasteiger partial charge in [0, 0.05) is 0 Å². The quantitative estimate of drug-likeness (QED) is 0.589. The van der Waals surface area contributed by atoms with Gasteiger partial charge >= 0.3 is 0 Å².